The molecule has 0 bridgehead atoms. The zero-order valence-corrected chi connectivity index (χ0v) is 13.0. The van der Waals surface area contributed by atoms with E-state index in [0.29, 0.717) is 5.82 Å². The van der Waals surface area contributed by atoms with Gasteiger partial charge in [-0.15, -0.1) is 11.3 Å². The molecule has 2 aromatic rings. The van der Waals surface area contributed by atoms with Crippen LogP contribution in [0.25, 0.3) is 10.2 Å². The number of hydrogen-bond acceptors (Lipinski definition) is 5. The number of thiophene rings is 1. The number of hydrogen-bond donors (Lipinski definition) is 1. The van der Waals surface area contributed by atoms with E-state index in [1.807, 2.05) is 11.4 Å². The van der Waals surface area contributed by atoms with Crippen molar-refractivity contribution in [2.45, 2.75) is 33.2 Å². The number of anilines is 1. The Morgan fingerprint density at radius 2 is 2.10 bits per heavy atom. The number of aromatic nitrogens is 2. The van der Waals surface area contributed by atoms with Crippen molar-refractivity contribution < 1.29 is 0 Å². The third-order valence-corrected chi connectivity index (χ3v) is 5.15. The Morgan fingerprint density at radius 1 is 1.35 bits per heavy atom. The molecular weight excluding hydrogens is 268 g/mol. The van der Waals surface area contributed by atoms with Crippen molar-refractivity contribution in [2.24, 2.45) is 11.8 Å². The largest absolute Gasteiger partial charge is 0.383 e. The van der Waals surface area contributed by atoms with E-state index in [-0.39, 0.29) is 0 Å². The van der Waals surface area contributed by atoms with Crippen molar-refractivity contribution in [3.05, 3.63) is 17.3 Å². The predicted octanol–water partition coefficient (Wildman–Crippen LogP) is 3.14. The average Bonchev–Trinajstić information content (AvgIpc) is 2.88. The van der Waals surface area contributed by atoms with Gasteiger partial charge in [-0.1, -0.05) is 13.8 Å². The fourth-order valence-electron chi connectivity index (χ4n) is 2.97. The fraction of sp³-hybridized carbons (Fsp3) is 0.600. The highest BCUT2D eigenvalue weighted by atomic mass is 32.1. The van der Waals surface area contributed by atoms with E-state index in [0.717, 1.165) is 47.5 Å². The second-order valence-electron chi connectivity index (χ2n) is 6.02. The number of rotatable bonds is 3. The first-order valence-corrected chi connectivity index (χ1v) is 8.23. The molecule has 2 N–H and O–H groups in total. The van der Waals surface area contributed by atoms with Gasteiger partial charge in [0.2, 0.25) is 0 Å². The van der Waals surface area contributed by atoms with E-state index < -0.39 is 0 Å². The average molecular weight is 290 g/mol. The lowest BCUT2D eigenvalue weighted by Gasteiger charge is -2.33. The molecule has 0 saturated carbocycles. The normalized spacial score (nSPS) is 18.1. The maximum atomic E-state index is 6.01. The van der Waals surface area contributed by atoms with Gasteiger partial charge in [-0.2, -0.15) is 0 Å². The molecule has 0 amide bonds. The third kappa shape index (κ3) is 2.79. The summed E-state index contributed by atoms with van der Waals surface area (Å²) < 4.78 is 0. The van der Waals surface area contributed by atoms with Crippen molar-refractivity contribution in [3.8, 4) is 0 Å². The van der Waals surface area contributed by atoms with Crippen LogP contribution in [0.2, 0.25) is 0 Å². The van der Waals surface area contributed by atoms with Crippen LogP contribution in [-0.2, 0) is 6.54 Å². The fourth-order valence-corrected chi connectivity index (χ4v) is 3.76. The van der Waals surface area contributed by atoms with Crippen LogP contribution in [0.15, 0.2) is 11.4 Å². The molecule has 1 aliphatic rings. The molecule has 0 aliphatic carbocycles. The van der Waals surface area contributed by atoms with Crippen LogP contribution in [0.5, 0.6) is 0 Å². The topological polar surface area (TPSA) is 55.0 Å². The summed E-state index contributed by atoms with van der Waals surface area (Å²) in [5.74, 6) is 3.15. The summed E-state index contributed by atoms with van der Waals surface area (Å²) >= 11 is 1.63. The lowest BCUT2D eigenvalue weighted by Crippen LogP contribution is -2.35. The molecule has 0 aromatic carbocycles. The quantitative estimate of drug-likeness (QED) is 0.943. The number of likely N-dealkylation sites (tertiary alicyclic amines) is 1. The van der Waals surface area contributed by atoms with E-state index in [9.17, 15) is 0 Å². The lowest BCUT2D eigenvalue weighted by atomic mass is 9.87. The molecule has 0 spiro atoms. The molecule has 3 heterocycles. The van der Waals surface area contributed by atoms with Crippen molar-refractivity contribution in [1.29, 1.82) is 0 Å². The first kappa shape index (κ1) is 13.8. The molecule has 4 nitrogen and oxygen atoms in total. The maximum absolute atomic E-state index is 6.01. The Bertz CT molecular complexity index is 585. The summed E-state index contributed by atoms with van der Waals surface area (Å²) in [6, 6.07) is 1.99. The highest BCUT2D eigenvalue weighted by molar-refractivity contribution is 7.16. The van der Waals surface area contributed by atoms with Gasteiger partial charge in [0.15, 0.2) is 0 Å². The summed E-state index contributed by atoms with van der Waals surface area (Å²) in [4.78, 5) is 12.5. The minimum atomic E-state index is 0.614. The molecule has 1 saturated heterocycles. The number of nitrogens with zero attached hydrogens (tertiary/aromatic N) is 3. The van der Waals surface area contributed by atoms with E-state index in [1.165, 1.54) is 12.8 Å². The molecule has 3 rings (SSSR count). The Hall–Kier alpha value is -1.20. The van der Waals surface area contributed by atoms with Crippen LogP contribution in [0.4, 0.5) is 5.82 Å². The Kier molecular flexibility index (Phi) is 3.89. The molecule has 1 aliphatic heterocycles. The van der Waals surface area contributed by atoms with E-state index >= 15 is 0 Å². The highest BCUT2D eigenvalue weighted by Crippen LogP contribution is 2.26. The van der Waals surface area contributed by atoms with Crippen LogP contribution in [0, 0.1) is 11.8 Å². The molecule has 0 unspecified atom stereocenters. The Balaban J connectivity index is 1.68. The van der Waals surface area contributed by atoms with Crippen LogP contribution in [-0.4, -0.2) is 28.0 Å². The standard InChI is InChI=1S/C15H22N4S/c1-10(2)11-3-6-19(7-4-11)9-13-17-14(16)12-5-8-20-15(12)18-13/h5,8,10-11H,3-4,6-7,9H2,1-2H3,(H2,16,17,18). The minimum Gasteiger partial charge on any atom is -0.383 e. The summed E-state index contributed by atoms with van der Waals surface area (Å²) in [6.45, 7) is 7.77. The minimum absolute atomic E-state index is 0.614. The monoisotopic (exact) mass is 290 g/mol. The number of fused-ring (bicyclic) bond motifs is 1. The van der Waals surface area contributed by atoms with Crippen LogP contribution in [0.1, 0.15) is 32.5 Å². The van der Waals surface area contributed by atoms with Gasteiger partial charge in [-0.05, 0) is 49.2 Å². The summed E-state index contributed by atoms with van der Waals surface area (Å²) in [6.07, 6.45) is 2.57. The van der Waals surface area contributed by atoms with Crippen molar-refractivity contribution in [1.82, 2.24) is 14.9 Å². The van der Waals surface area contributed by atoms with Crippen molar-refractivity contribution in [2.75, 3.05) is 18.8 Å². The van der Waals surface area contributed by atoms with Gasteiger partial charge in [-0.25, -0.2) is 9.97 Å². The molecule has 0 radical (unpaired) electrons. The van der Waals surface area contributed by atoms with E-state index in [1.54, 1.807) is 11.3 Å². The molecule has 0 atom stereocenters. The zero-order valence-electron chi connectivity index (χ0n) is 12.2. The molecular formula is C15H22N4S. The van der Waals surface area contributed by atoms with Gasteiger partial charge in [0.05, 0.1) is 11.9 Å². The summed E-state index contributed by atoms with van der Waals surface area (Å²) in [5, 5.41) is 3.01. The Labute approximate surface area is 124 Å². The smallest absolute Gasteiger partial charge is 0.146 e. The van der Waals surface area contributed by atoms with Crippen LogP contribution < -0.4 is 5.73 Å². The van der Waals surface area contributed by atoms with Gasteiger partial charge in [0, 0.05) is 0 Å². The maximum Gasteiger partial charge on any atom is 0.146 e. The number of piperidine rings is 1. The van der Waals surface area contributed by atoms with Gasteiger partial charge >= 0.3 is 0 Å². The third-order valence-electron chi connectivity index (χ3n) is 4.34. The summed E-state index contributed by atoms with van der Waals surface area (Å²) in [5.41, 5.74) is 6.01. The summed E-state index contributed by atoms with van der Waals surface area (Å²) in [7, 11) is 0. The lowest BCUT2D eigenvalue weighted by molar-refractivity contribution is 0.149. The molecule has 108 valence electrons. The zero-order chi connectivity index (χ0) is 14.1. The van der Waals surface area contributed by atoms with Gasteiger partial charge < -0.3 is 5.73 Å². The second-order valence-corrected chi connectivity index (χ2v) is 6.92. The second kappa shape index (κ2) is 5.66. The van der Waals surface area contributed by atoms with E-state index in [4.69, 9.17) is 5.73 Å². The molecule has 20 heavy (non-hydrogen) atoms. The van der Waals surface area contributed by atoms with Crippen LogP contribution in [0.3, 0.4) is 0 Å². The van der Waals surface area contributed by atoms with Gasteiger partial charge in [0.25, 0.3) is 0 Å². The van der Waals surface area contributed by atoms with Crippen LogP contribution >= 0.6 is 11.3 Å². The molecule has 1 fully saturated rings. The van der Waals surface area contributed by atoms with Crippen molar-refractivity contribution >= 4 is 27.4 Å². The van der Waals surface area contributed by atoms with Gasteiger partial charge in [0.1, 0.15) is 16.5 Å². The van der Waals surface area contributed by atoms with E-state index in [2.05, 4.69) is 28.7 Å². The number of nitrogen functional groups attached to an aromatic ring is 1. The predicted molar refractivity (Wildman–Crippen MR) is 84.7 cm³/mol. The first-order chi connectivity index (χ1) is 9.63. The van der Waals surface area contributed by atoms with Gasteiger partial charge in [-0.3, -0.25) is 4.90 Å². The van der Waals surface area contributed by atoms with Crippen molar-refractivity contribution in [3.63, 3.8) is 0 Å². The number of nitrogens with two attached hydrogens (primary N) is 1. The molecule has 2 aromatic heterocycles. The Morgan fingerprint density at radius 3 is 2.80 bits per heavy atom. The highest BCUT2D eigenvalue weighted by Gasteiger charge is 2.22. The molecule has 5 heteroatoms. The first-order valence-electron chi connectivity index (χ1n) is 7.35. The SMILES string of the molecule is CC(C)C1CCN(Cc2nc(N)c3ccsc3n2)CC1.